The molecule has 0 atom stereocenters. The summed E-state index contributed by atoms with van der Waals surface area (Å²) in [5.41, 5.74) is 0. The van der Waals surface area contributed by atoms with Gasteiger partial charge in [0.1, 0.15) is 0 Å². The third-order valence-corrected chi connectivity index (χ3v) is 3.06. The summed E-state index contributed by atoms with van der Waals surface area (Å²) in [6.45, 7) is 9.84. The van der Waals surface area contributed by atoms with Crippen LogP contribution < -0.4 is 5.32 Å². The minimum atomic E-state index is 0.367. The molecule has 0 unspecified atom stereocenters. The maximum absolute atomic E-state index is 5.56. The molecule has 0 aromatic rings. The van der Waals surface area contributed by atoms with E-state index in [1.165, 1.54) is 32.5 Å². The lowest BCUT2D eigenvalue weighted by Gasteiger charge is -2.31. The van der Waals surface area contributed by atoms with E-state index in [-0.39, 0.29) is 0 Å². The van der Waals surface area contributed by atoms with Crippen molar-refractivity contribution < 1.29 is 4.74 Å². The van der Waals surface area contributed by atoms with Gasteiger partial charge in [-0.3, -0.25) is 0 Å². The van der Waals surface area contributed by atoms with Crippen LogP contribution in [0.3, 0.4) is 0 Å². The lowest BCUT2D eigenvalue weighted by molar-refractivity contribution is 0.0509. The number of nitrogens with zero attached hydrogens (tertiary/aromatic N) is 1. The Labute approximate surface area is 94.2 Å². The second-order valence-corrected chi connectivity index (χ2v) is 4.76. The van der Waals surface area contributed by atoms with Crippen molar-refractivity contribution in [2.24, 2.45) is 5.92 Å². The summed E-state index contributed by atoms with van der Waals surface area (Å²) in [6.07, 6.45) is 3.04. The smallest absolute Gasteiger partial charge is 0.0596 e. The molecule has 0 radical (unpaired) electrons. The largest absolute Gasteiger partial charge is 0.377 e. The van der Waals surface area contributed by atoms with E-state index in [0.717, 1.165) is 19.1 Å². The minimum Gasteiger partial charge on any atom is -0.377 e. The normalized spacial score (nSPS) is 20.0. The highest BCUT2D eigenvalue weighted by atomic mass is 16.5. The Morgan fingerprint density at radius 2 is 2.00 bits per heavy atom. The van der Waals surface area contributed by atoms with Crippen LogP contribution in [0, 0.1) is 5.92 Å². The zero-order valence-electron chi connectivity index (χ0n) is 10.5. The molecule has 3 heteroatoms. The van der Waals surface area contributed by atoms with Crippen molar-refractivity contribution in [2.45, 2.75) is 32.8 Å². The quantitative estimate of drug-likeness (QED) is 0.722. The van der Waals surface area contributed by atoms with Crippen LogP contribution in [0.1, 0.15) is 26.7 Å². The van der Waals surface area contributed by atoms with Gasteiger partial charge in [-0.1, -0.05) is 0 Å². The van der Waals surface area contributed by atoms with Crippen LogP contribution in [0.15, 0.2) is 0 Å². The Hall–Kier alpha value is -0.120. The standard InChI is InChI=1S/C12H26N2O/c1-11(2)15-9-8-14-6-4-12(5-7-14)10-13-3/h11-13H,4-10H2,1-3H3. The second kappa shape index (κ2) is 7.20. The van der Waals surface area contributed by atoms with Crippen molar-refractivity contribution >= 4 is 0 Å². The molecule has 1 aliphatic heterocycles. The number of hydrogen-bond donors (Lipinski definition) is 1. The van der Waals surface area contributed by atoms with Gasteiger partial charge in [0.15, 0.2) is 0 Å². The molecule has 15 heavy (non-hydrogen) atoms. The minimum absolute atomic E-state index is 0.367. The first-order chi connectivity index (χ1) is 7.22. The van der Waals surface area contributed by atoms with E-state index < -0.39 is 0 Å². The lowest BCUT2D eigenvalue weighted by Crippen LogP contribution is -2.38. The number of piperidine rings is 1. The van der Waals surface area contributed by atoms with Crippen LogP contribution in [0.2, 0.25) is 0 Å². The molecule has 0 bridgehead atoms. The van der Waals surface area contributed by atoms with Crippen molar-refractivity contribution in [2.75, 3.05) is 39.8 Å². The zero-order chi connectivity index (χ0) is 11.1. The SMILES string of the molecule is CNCC1CCN(CCOC(C)C)CC1. The van der Waals surface area contributed by atoms with Gasteiger partial charge in [0.25, 0.3) is 0 Å². The van der Waals surface area contributed by atoms with E-state index in [4.69, 9.17) is 4.74 Å². The van der Waals surface area contributed by atoms with Gasteiger partial charge in [0.2, 0.25) is 0 Å². The summed E-state index contributed by atoms with van der Waals surface area (Å²) >= 11 is 0. The summed E-state index contributed by atoms with van der Waals surface area (Å²) in [5, 5.41) is 3.27. The van der Waals surface area contributed by atoms with E-state index in [1.807, 2.05) is 7.05 Å². The van der Waals surface area contributed by atoms with Crippen LogP contribution >= 0.6 is 0 Å². The maximum Gasteiger partial charge on any atom is 0.0596 e. The van der Waals surface area contributed by atoms with Crippen LogP contribution in [0.25, 0.3) is 0 Å². The summed E-state index contributed by atoms with van der Waals surface area (Å²) in [6, 6.07) is 0. The first-order valence-electron chi connectivity index (χ1n) is 6.21. The van der Waals surface area contributed by atoms with Gasteiger partial charge in [-0.25, -0.2) is 0 Å². The Bertz CT molecular complexity index is 154. The Balaban J connectivity index is 2.04. The average Bonchev–Trinajstić information content (AvgIpc) is 2.20. The van der Waals surface area contributed by atoms with E-state index >= 15 is 0 Å². The molecule has 0 saturated carbocycles. The van der Waals surface area contributed by atoms with Gasteiger partial charge in [-0.05, 0) is 59.3 Å². The predicted octanol–water partition coefficient (Wildman–Crippen LogP) is 1.34. The monoisotopic (exact) mass is 214 g/mol. The van der Waals surface area contributed by atoms with Crippen molar-refractivity contribution in [3.05, 3.63) is 0 Å². The van der Waals surface area contributed by atoms with E-state index in [2.05, 4.69) is 24.1 Å². The Morgan fingerprint density at radius 1 is 1.33 bits per heavy atom. The van der Waals surface area contributed by atoms with E-state index in [1.54, 1.807) is 0 Å². The molecule has 0 aromatic heterocycles. The summed E-state index contributed by atoms with van der Waals surface area (Å²) in [4.78, 5) is 2.52. The molecule has 1 aliphatic rings. The van der Waals surface area contributed by atoms with Gasteiger partial charge in [-0.15, -0.1) is 0 Å². The van der Waals surface area contributed by atoms with Crippen molar-refractivity contribution in [1.82, 2.24) is 10.2 Å². The fourth-order valence-electron chi connectivity index (χ4n) is 2.12. The molecule has 3 nitrogen and oxygen atoms in total. The maximum atomic E-state index is 5.56. The molecule has 0 aliphatic carbocycles. The van der Waals surface area contributed by atoms with Gasteiger partial charge < -0.3 is 15.0 Å². The zero-order valence-corrected chi connectivity index (χ0v) is 10.5. The second-order valence-electron chi connectivity index (χ2n) is 4.76. The van der Waals surface area contributed by atoms with Gasteiger partial charge in [0, 0.05) is 6.54 Å². The van der Waals surface area contributed by atoms with Crippen LogP contribution in [0.5, 0.6) is 0 Å². The topological polar surface area (TPSA) is 24.5 Å². The third kappa shape index (κ3) is 5.50. The van der Waals surface area contributed by atoms with Crippen LogP contribution in [-0.4, -0.2) is 50.8 Å². The molecule has 0 amide bonds. The number of hydrogen-bond acceptors (Lipinski definition) is 3. The lowest BCUT2D eigenvalue weighted by atomic mass is 9.97. The highest BCUT2D eigenvalue weighted by Crippen LogP contribution is 2.15. The first kappa shape index (κ1) is 12.9. The van der Waals surface area contributed by atoms with Crippen molar-refractivity contribution in [1.29, 1.82) is 0 Å². The molecule has 0 aromatic carbocycles. The average molecular weight is 214 g/mol. The highest BCUT2D eigenvalue weighted by Gasteiger charge is 2.17. The summed E-state index contributed by atoms with van der Waals surface area (Å²) in [5.74, 6) is 0.886. The third-order valence-electron chi connectivity index (χ3n) is 3.06. The molecular formula is C12H26N2O. The molecular weight excluding hydrogens is 188 g/mol. The Kier molecular flexibility index (Phi) is 6.22. The highest BCUT2D eigenvalue weighted by molar-refractivity contribution is 4.73. The number of nitrogens with one attached hydrogen (secondary N) is 1. The molecule has 1 rings (SSSR count). The number of likely N-dealkylation sites (tertiary alicyclic amines) is 1. The number of rotatable bonds is 6. The first-order valence-corrected chi connectivity index (χ1v) is 6.21. The van der Waals surface area contributed by atoms with Gasteiger partial charge in [0.05, 0.1) is 12.7 Å². The van der Waals surface area contributed by atoms with E-state index in [0.29, 0.717) is 6.10 Å². The molecule has 1 N–H and O–H groups in total. The molecule has 1 saturated heterocycles. The molecule has 0 spiro atoms. The van der Waals surface area contributed by atoms with Crippen LogP contribution in [-0.2, 0) is 4.74 Å². The summed E-state index contributed by atoms with van der Waals surface area (Å²) < 4.78 is 5.56. The van der Waals surface area contributed by atoms with E-state index in [9.17, 15) is 0 Å². The fraction of sp³-hybridized carbons (Fsp3) is 1.00. The van der Waals surface area contributed by atoms with Crippen LogP contribution in [0.4, 0.5) is 0 Å². The summed E-state index contributed by atoms with van der Waals surface area (Å²) in [7, 11) is 2.04. The molecule has 90 valence electrons. The number of ether oxygens (including phenoxy) is 1. The molecule has 1 heterocycles. The fourth-order valence-corrected chi connectivity index (χ4v) is 2.12. The van der Waals surface area contributed by atoms with Crippen molar-refractivity contribution in [3.63, 3.8) is 0 Å². The van der Waals surface area contributed by atoms with Gasteiger partial charge >= 0.3 is 0 Å². The molecule has 1 fully saturated rings. The van der Waals surface area contributed by atoms with Crippen molar-refractivity contribution in [3.8, 4) is 0 Å². The van der Waals surface area contributed by atoms with Gasteiger partial charge in [-0.2, -0.15) is 0 Å². The Morgan fingerprint density at radius 3 is 2.53 bits per heavy atom. The predicted molar refractivity (Wildman–Crippen MR) is 64.2 cm³/mol.